The van der Waals surface area contributed by atoms with Crippen LogP contribution in [0, 0.1) is 0 Å². The number of carbonyl (C=O) groups is 1. The lowest BCUT2D eigenvalue weighted by atomic mass is 10.2. The first-order chi connectivity index (χ1) is 4.18. The van der Waals surface area contributed by atoms with Crippen LogP contribution in [0.4, 0.5) is 0 Å². The second kappa shape index (κ2) is 4.62. The lowest BCUT2D eigenvalue weighted by Crippen LogP contribution is -1.86. The summed E-state index contributed by atoms with van der Waals surface area (Å²) in [4.78, 5) is 10.4. The molecule has 1 nitrogen and oxygen atoms in total. The molecule has 0 saturated heterocycles. The number of hydrogen-bond acceptors (Lipinski definition) is 1. The van der Waals surface area contributed by atoms with Crippen molar-refractivity contribution in [1.29, 1.82) is 0 Å². The zero-order valence-corrected chi connectivity index (χ0v) is 6.74. The fourth-order valence-corrected chi connectivity index (χ4v) is 0.539. The van der Waals surface area contributed by atoms with Crippen molar-refractivity contribution >= 4 is 17.7 Å². The van der Waals surface area contributed by atoms with Gasteiger partial charge in [-0.3, -0.25) is 4.79 Å². The molecule has 0 aliphatic heterocycles. The van der Waals surface area contributed by atoms with E-state index in [0.717, 1.165) is 18.4 Å². The van der Waals surface area contributed by atoms with E-state index in [2.05, 4.69) is 19.6 Å². The highest BCUT2D eigenvalue weighted by atomic mass is 32.1. The first kappa shape index (κ1) is 8.76. The van der Waals surface area contributed by atoms with Gasteiger partial charge < -0.3 is 0 Å². The predicted molar refractivity (Wildman–Crippen MR) is 42.7 cm³/mol. The molecule has 0 unspecified atom stereocenters. The average molecular weight is 144 g/mol. The van der Waals surface area contributed by atoms with Crippen LogP contribution in [-0.4, -0.2) is 5.12 Å². The van der Waals surface area contributed by atoms with Crippen molar-refractivity contribution < 1.29 is 4.79 Å². The van der Waals surface area contributed by atoms with Crippen molar-refractivity contribution in [3.63, 3.8) is 0 Å². The highest BCUT2D eigenvalue weighted by molar-refractivity contribution is 7.97. The molecule has 52 valence electrons. The van der Waals surface area contributed by atoms with Crippen LogP contribution < -0.4 is 0 Å². The van der Waals surface area contributed by atoms with E-state index in [1.807, 2.05) is 6.08 Å². The topological polar surface area (TPSA) is 17.1 Å². The largest absolute Gasteiger partial charge is 0.282 e. The molecule has 0 amide bonds. The highest BCUT2D eigenvalue weighted by Crippen LogP contribution is 2.00. The van der Waals surface area contributed by atoms with E-state index in [-0.39, 0.29) is 5.12 Å². The Labute approximate surface area is 61.6 Å². The van der Waals surface area contributed by atoms with Gasteiger partial charge in [-0.2, -0.15) is 0 Å². The molecule has 2 heteroatoms. The Bertz CT molecular complexity index is 127. The zero-order valence-electron chi connectivity index (χ0n) is 5.85. The number of thiol groups is 1. The molecule has 0 radical (unpaired) electrons. The van der Waals surface area contributed by atoms with Gasteiger partial charge in [0.1, 0.15) is 0 Å². The van der Waals surface area contributed by atoms with Crippen molar-refractivity contribution in [3.8, 4) is 0 Å². The standard InChI is InChI=1S/C7H12OS/c1-3-4-5-6(2)7(8)9/h5H,3-4H2,1-2H3,(H,8,9). The van der Waals surface area contributed by atoms with Gasteiger partial charge in [-0.05, 0) is 18.9 Å². The molecular weight excluding hydrogens is 132 g/mol. The normalized spacial score (nSPS) is 11.7. The number of rotatable bonds is 3. The first-order valence-corrected chi connectivity index (χ1v) is 3.53. The summed E-state index contributed by atoms with van der Waals surface area (Å²) in [6, 6.07) is 0. The molecule has 0 saturated carbocycles. The fourth-order valence-electron chi connectivity index (χ4n) is 0.448. The van der Waals surface area contributed by atoms with Gasteiger partial charge in [0.25, 0.3) is 0 Å². The number of carbonyl (C=O) groups excluding carboxylic acids is 1. The van der Waals surface area contributed by atoms with Crippen LogP contribution in [-0.2, 0) is 4.79 Å². The van der Waals surface area contributed by atoms with Gasteiger partial charge in [-0.1, -0.05) is 19.4 Å². The maximum absolute atomic E-state index is 10.4. The van der Waals surface area contributed by atoms with Gasteiger partial charge in [0.15, 0.2) is 0 Å². The maximum atomic E-state index is 10.4. The van der Waals surface area contributed by atoms with Gasteiger partial charge in [0.05, 0.1) is 0 Å². The SMILES string of the molecule is CCCC=C(C)C(=O)S. The maximum Gasteiger partial charge on any atom is 0.211 e. The Hall–Kier alpha value is -0.240. The van der Waals surface area contributed by atoms with Gasteiger partial charge in [0, 0.05) is 0 Å². The van der Waals surface area contributed by atoms with Crippen LogP contribution >= 0.6 is 12.6 Å². The summed E-state index contributed by atoms with van der Waals surface area (Å²) in [5.74, 6) is 0. The van der Waals surface area contributed by atoms with Crippen molar-refractivity contribution in [2.75, 3.05) is 0 Å². The molecule has 0 aliphatic carbocycles. The summed E-state index contributed by atoms with van der Waals surface area (Å²) in [6.07, 6.45) is 3.96. The first-order valence-electron chi connectivity index (χ1n) is 3.08. The van der Waals surface area contributed by atoms with Crippen molar-refractivity contribution in [2.24, 2.45) is 0 Å². The van der Waals surface area contributed by atoms with Gasteiger partial charge in [-0.15, -0.1) is 12.6 Å². The number of hydrogen-bond donors (Lipinski definition) is 1. The van der Waals surface area contributed by atoms with Crippen molar-refractivity contribution in [2.45, 2.75) is 26.7 Å². The second-order valence-corrected chi connectivity index (χ2v) is 2.39. The van der Waals surface area contributed by atoms with Gasteiger partial charge in [-0.25, -0.2) is 0 Å². The smallest absolute Gasteiger partial charge is 0.211 e. The zero-order chi connectivity index (χ0) is 7.28. The number of allylic oxidation sites excluding steroid dienone is 1. The molecule has 0 bridgehead atoms. The lowest BCUT2D eigenvalue weighted by molar-refractivity contribution is -0.107. The number of unbranched alkanes of at least 4 members (excludes halogenated alkanes) is 1. The van der Waals surface area contributed by atoms with Crippen LogP contribution in [0.25, 0.3) is 0 Å². The fraction of sp³-hybridized carbons (Fsp3) is 0.571. The Balaban J connectivity index is 3.69. The monoisotopic (exact) mass is 144 g/mol. The minimum absolute atomic E-state index is 0.122. The molecule has 0 aromatic carbocycles. The summed E-state index contributed by atoms with van der Waals surface area (Å²) in [5.41, 5.74) is 0.750. The van der Waals surface area contributed by atoms with E-state index in [0.29, 0.717) is 0 Å². The van der Waals surface area contributed by atoms with E-state index in [1.54, 1.807) is 6.92 Å². The molecule has 9 heavy (non-hydrogen) atoms. The molecule has 0 heterocycles. The van der Waals surface area contributed by atoms with Crippen LogP contribution in [0.5, 0.6) is 0 Å². The molecule has 0 fully saturated rings. The Morgan fingerprint density at radius 2 is 2.22 bits per heavy atom. The van der Waals surface area contributed by atoms with E-state index in [4.69, 9.17) is 0 Å². The quantitative estimate of drug-likeness (QED) is 0.474. The highest BCUT2D eigenvalue weighted by Gasteiger charge is 1.93. The van der Waals surface area contributed by atoms with Gasteiger partial charge in [0.2, 0.25) is 5.12 Å². The third-order valence-corrected chi connectivity index (χ3v) is 1.43. The summed E-state index contributed by atoms with van der Waals surface area (Å²) in [6.45, 7) is 3.86. The Morgan fingerprint density at radius 3 is 2.56 bits per heavy atom. The van der Waals surface area contributed by atoms with Crippen LogP contribution in [0.15, 0.2) is 11.6 Å². The summed E-state index contributed by atoms with van der Waals surface area (Å²) < 4.78 is 0. The third-order valence-electron chi connectivity index (χ3n) is 1.08. The summed E-state index contributed by atoms with van der Waals surface area (Å²) >= 11 is 3.66. The second-order valence-electron chi connectivity index (χ2n) is 1.98. The minimum atomic E-state index is -0.122. The summed E-state index contributed by atoms with van der Waals surface area (Å²) in [5, 5.41) is -0.122. The Kier molecular flexibility index (Phi) is 4.50. The molecular formula is C7H12OS. The van der Waals surface area contributed by atoms with E-state index < -0.39 is 0 Å². The molecule has 0 rings (SSSR count). The van der Waals surface area contributed by atoms with Crippen molar-refractivity contribution in [1.82, 2.24) is 0 Å². The van der Waals surface area contributed by atoms with Crippen LogP contribution in [0.2, 0.25) is 0 Å². The predicted octanol–water partition coefficient (Wildman–Crippen LogP) is 2.19. The van der Waals surface area contributed by atoms with Gasteiger partial charge >= 0.3 is 0 Å². The molecule has 0 aromatic heterocycles. The van der Waals surface area contributed by atoms with Crippen LogP contribution in [0.1, 0.15) is 26.7 Å². The molecule has 0 spiro atoms. The molecule has 0 aromatic rings. The Morgan fingerprint density at radius 1 is 1.67 bits per heavy atom. The van der Waals surface area contributed by atoms with E-state index in [1.165, 1.54) is 0 Å². The average Bonchev–Trinajstić information content (AvgIpc) is 1.82. The molecule has 0 atom stereocenters. The van der Waals surface area contributed by atoms with E-state index >= 15 is 0 Å². The minimum Gasteiger partial charge on any atom is -0.282 e. The van der Waals surface area contributed by atoms with Crippen molar-refractivity contribution in [3.05, 3.63) is 11.6 Å². The van der Waals surface area contributed by atoms with E-state index in [9.17, 15) is 4.79 Å². The molecule has 0 N–H and O–H groups in total. The lowest BCUT2D eigenvalue weighted by Gasteiger charge is -1.90. The van der Waals surface area contributed by atoms with Crippen LogP contribution in [0.3, 0.4) is 0 Å². The molecule has 0 aliphatic rings. The third kappa shape index (κ3) is 4.28. The summed E-state index contributed by atoms with van der Waals surface area (Å²) in [7, 11) is 0.